The van der Waals surface area contributed by atoms with Crippen molar-refractivity contribution in [1.29, 1.82) is 0 Å². The van der Waals surface area contributed by atoms with Crippen molar-refractivity contribution < 1.29 is 4.79 Å². The Morgan fingerprint density at radius 2 is 1.41 bits per heavy atom. The van der Waals surface area contributed by atoms with Gasteiger partial charge in [0.05, 0.1) is 0 Å². The molecule has 0 aliphatic carbocycles. The summed E-state index contributed by atoms with van der Waals surface area (Å²) in [5.41, 5.74) is 4.65. The monoisotopic (exact) mass is 430 g/mol. The third-order valence-electron chi connectivity index (χ3n) is 6.29. The average Bonchev–Trinajstić information content (AvgIpc) is 2.78. The predicted octanol–water partition coefficient (Wildman–Crippen LogP) is 8.18. The molecular weight excluding hydrogens is 392 g/mol. The lowest BCUT2D eigenvalue weighted by atomic mass is 9.89. The Morgan fingerprint density at radius 3 is 2.06 bits per heavy atom. The molecule has 0 saturated carbocycles. The van der Waals surface area contributed by atoms with Crippen molar-refractivity contribution in [2.24, 2.45) is 0 Å². The van der Waals surface area contributed by atoms with Gasteiger partial charge in [-0.3, -0.25) is 0 Å². The molecule has 0 radical (unpaired) electrons. The second-order valence-corrected chi connectivity index (χ2v) is 9.36. The maximum absolute atomic E-state index is 13.0. The summed E-state index contributed by atoms with van der Waals surface area (Å²) in [5, 5.41) is 8.91. The summed E-state index contributed by atoms with van der Waals surface area (Å²) >= 11 is 0. The van der Waals surface area contributed by atoms with E-state index in [1.165, 1.54) is 27.5 Å². The number of unbranched alkanes of at least 4 members (excludes halogenated alkanes) is 1. The molecule has 0 saturated heterocycles. The van der Waals surface area contributed by atoms with E-state index in [9.17, 15) is 4.79 Å². The summed E-state index contributed by atoms with van der Waals surface area (Å²) in [6, 6.07) is 21.2. The van der Waals surface area contributed by atoms with Gasteiger partial charge in [0.1, 0.15) is 0 Å². The van der Waals surface area contributed by atoms with E-state index in [-0.39, 0.29) is 11.9 Å². The summed E-state index contributed by atoms with van der Waals surface area (Å²) in [6.07, 6.45) is 3.35. The number of amides is 2. The summed E-state index contributed by atoms with van der Waals surface area (Å²) in [5.74, 6) is 0.977. The van der Waals surface area contributed by atoms with Gasteiger partial charge in [-0.25, -0.2) is 4.79 Å². The molecule has 3 heteroatoms. The highest BCUT2D eigenvalue weighted by atomic mass is 16.2. The summed E-state index contributed by atoms with van der Waals surface area (Å²) in [4.78, 5) is 13.0. The molecule has 170 valence electrons. The van der Waals surface area contributed by atoms with Crippen LogP contribution in [0.5, 0.6) is 0 Å². The second kappa shape index (κ2) is 11.2. The lowest BCUT2D eigenvalue weighted by molar-refractivity contribution is 0.251. The van der Waals surface area contributed by atoms with Gasteiger partial charge >= 0.3 is 6.03 Å². The van der Waals surface area contributed by atoms with Crippen LogP contribution in [0.4, 0.5) is 10.5 Å². The van der Waals surface area contributed by atoms with Gasteiger partial charge in [-0.15, -0.1) is 0 Å². The van der Waals surface area contributed by atoms with Gasteiger partial charge in [0.25, 0.3) is 0 Å². The van der Waals surface area contributed by atoms with Crippen molar-refractivity contribution in [2.45, 2.75) is 71.6 Å². The van der Waals surface area contributed by atoms with Crippen molar-refractivity contribution in [3.8, 4) is 0 Å². The first-order valence-electron chi connectivity index (χ1n) is 12.1. The fourth-order valence-corrected chi connectivity index (χ4v) is 4.49. The van der Waals surface area contributed by atoms with E-state index in [0.717, 1.165) is 24.9 Å². The molecule has 2 amide bonds. The van der Waals surface area contributed by atoms with Gasteiger partial charge in [-0.2, -0.15) is 0 Å². The highest BCUT2D eigenvalue weighted by molar-refractivity contribution is 5.91. The molecule has 0 heterocycles. The molecule has 0 aliphatic heterocycles. The third kappa shape index (κ3) is 5.70. The Morgan fingerprint density at radius 1 is 0.812 bits per heavy atom. The Hall–Kier alpha value is -2.81. The number of urea groups is 1. The summed E-state index contributed by atoms with van der Waals surface area (Å²) in [7, 11) is 0. The van der Waals surface area contributed by atoms with E-state index in [1.54, 1.807) is 0 Å². The van der Waals surface area contributed by atoms with E-state index >= 15 is 0 Å². The zero-order valence-electron chi connectivity index (χ0n) is 20.2. The number of hydrogen-bond donors (Lipinski definition) is 2. The number of hydrogen-bond acceptors (Lipinski definition) is 1. The van der Waals surface area contributed by atoms with Crippen LogP contribution < -0.4 is 10.6 Å². The zero-order valence-corrected chi connectivity index (χ0v) is 20.2. The average molecular weight is 431 g/mol. The van der Waals surface area contributed by atoms with Crippen LogP contribution in [0.25, 0.3) is 10.8 Å². The molecular formula is C29H38N2O. The number of fused-ring (bicyclic) bond motifs is 1. The van der Waals surface area contributed by atoms with Gasteiger partial charge in [0, 0.05) is 18.2 Å². The summed E-state index contributed by atoms with van der Waals surface area (Å²) < 4.78 is 0. The van der Waals surface area contributed by atoms with Crippen LogP contribution in [0, 0.1) is 0 Å². The molecule has 3 nitrogen and oxygen atoms in total. The van der Waals surface area contributed by atoms with Crippen molar-refractivity contribution in [3.63, 3.8) is 0 Å². The van der Waals surface area contributed by atoms with Crippen molar-refractivity contribution >= 4 is 22.5 Å². The van der Waals surface area contributed by atoms with Crippen LogP contribution in [0.2, 0.25) is 0 Å². The van der Waals surface area contributed by atoms with Crippen LogP contribution >= 0.6 is 0 Å². The molecule has 32 heavy (non-hydrogen) atoms. The molecule has 0 spiro atoms. The molecule has 0 bridgehead atoms. The highest BCUT2D eigenvalue weighted by Crippen LogP contribution is 2.33. The normalized spacial score (nSPS) is 12.3. The van der Waals surface area contributed by atoms with Gasteiger partial charge in [-0.1, -0.05) is 108 Å². The van der Waals surface area contributed by atoms with E-state index in [4.69, 9.17) is 0 Å². The Labute approximate surface area is 193 Å². The van der Waals surface area contributed by atoms with Crippen LogP contribution in [0.1, 0.15) is 88.3 Å². The van der Waals surface area contributed by atoms with E-state index in [1.807, 2.05) is 0 Å². The van der Waals surface area contributed by atoms with Crippen LogP contribution in [-0.4, -0.2) is 12.6 Å². The predicted molar refractivity (Wildman–Crippen MR) is 138 cm³/mol. The minimum absolute atomic E-state index is 0.123. The lowest BCUT2D eigenvalue weighted by Gasteiger charge is -2.22. The van der Waals surface area contributed by atoms with Crippen LogP contribution in [0.3, 0.4) is 0 Å². The van der Waals surface area contributed by atoms with E-state index in [0.29, 0.717) is 18.4 Å². The minimum atomic E-state index is -0.123. The molecule has 2 N–H and O–H groups in total. The molecule has 0 aliphatic rings. The second-order valence-electron chi connectivity index (χ2n) is 9.36. The van der Waals surface area contributed by atoms with Gasteiger partial charge in [-0.05, 0) is 45.7 Å². The first-order valence-corrected chi connectivity index (χ1v) is 12.1. The Bertz CT molecular complexity index is 1010. The van der Waals surface area contributed by atoms with Crippen LogP contribution in [-0.2, 0) is 0 Å². The molecule has 1 unspecified atom stereocenters. The molecule has 0 fully saturated rings. The number of rotatable bonds is 9. The van der Waals surface area contributed by atoms with Crippen LogP contribution in [0.15, 0.2) is 60.7 Å². The number of para-hydroxylation sites is 1. The maximum Gasteiger partial charge on any atom is 0.319 e. The number of anilines is 1. The number of nitrogens with one attached hydrogen (secondary N) is 2. The number of carbonyl (C=O) groups excluding carboxylic acids is 1. The smallest absolute Gasteiger partial charge is 0.319 e. The maximum atomic E-state index is 13.0. The molecule has 3 rings (SSSR count). The highest BCUT2D eigenvalue weighted by Gasteiger charge is 2.18. The fourth-order valence-electron chi connectivity index (χ4n) is 4.49. The van der Waals surface area contributed by atoms with Gasteiger partial charge < -0.3 is 10.6 Å². The lowest BCUT2D eigenvalue weighted by Crippen LogP contribution is -2.33. The van der Waals surface area contributed by atoms with Crippen molar-refractivity contribution in [2.75, 3.05) is 11.9 Å². The Balaban J connectivity index is 1.80. The minimum Gasteiger partial charge on any atom is -0.337 e. The summed E-state index contributed by atoms with van der Waals surface area (Å²) in [6.45, 7) is 11.5. The third-order valence-corrected chi connectivity index (χ3v) is 6.29. The standard InChI is InChI=1S/C29H38N2O/c1-6-7-12-23(27-18-10-14-22-13-8-9-15-26(22)27)19-30-29(32)31-28-24(20(2)3)16-11-17-25(28)21(4)5/h8-11,13-18,20-21,23H,6-7,12,19H2,1-5H3,(H2,30,31,32). The van der Waals surface area contributed by atoms with E-state index < -0.39 is 0 Å². The molecule has 0 aromatic heterocycles. The SMILES string of the molecule is CCCCC(CNC(=O)Nc1c(C(C)C)cccc1C(C)C)c1cccc2ccccc12. The molecule has 3 aromatic rings. The molecule has 1 atom stereocenters. The topological polar surface area (TPSA) is 41.1 Å². The van der Waals surface area contributed by atoms with Gasteiger partial charge in [0.15, 0.2) is 0 Å². The first-order chi connectivity index (χ1) is 15.4. The quantitative estimate of drug-likeness (QED) is 0.353. The first kappa shape index (κ1) is 23.8. The number of carbonyl (C=O) groups is 1. The number of benzene rings is 3. The Kier molecular flexibility index (Phi) is 8.33. The van der Waals surface area contributed by atoms with Crippen molar-refractivity contribution in [1.82, 2.24) is 5.32 Å². The largest absolute Gasteiger partial charge is 0.337 e. The zero-order chi connectivity index (χ0) is 23.1. The van der Waals surface area contributed by atoms with Crippen molar-refractivity contribution in [3.05, 3.63) is 77.4 Å². The molecule has 3 aromatic carbocycles. The van der Waals surface area contributed by atoms with Gasteiger partial charge in [0.2, 0.25) is 0 Å². The van der Waals surface area contributed by atoms with E-state index in [2.05, 4.69) is 106 Å². The fraction of sp³-hybridized carbons (Fsp3) is 0.414.